The first-order chi connectivity index (χ1) is 15.7. The summed E-state index contributed by atoms with van der Waals surface area (Å²) < 4.78 is 10.9. The van der Waals surface area contributed by atoms with Crippen LogP contribution in [0.5, 0.6) is 0 Å². The third kappa shape index (κ3) is 3.96. The van der Waals surface area contributed by atoms with Crippen molar-refractivity contribution in [2.24, 2.45) is 7.05 Å². The second-order valence-corrected chi connectivity index (χ2v) is 16.6. The fourth-order valence-corrected chi connectivity index (χ4v) is 7.44. The van der Waals surface area contributed by atoms with E-state index in [1.165, 1.54) is 84.1 Å². The first-order valence-corrected chi connectivity index (χ1v) is 16.3. The number of benzene rings is 2. The number of nitrogens with zero attached hydrogens (tertiary/aromatic N) is 1. The molecule has 0 saturated heterocycles. The van der Waals surface area contributed by atoms with Gasteiger partial charge in [0.1, 0.15) is 8.42 Å². The molecule has 0 spiro atoms. The Hall–Kier alpha value is -1.93. The predicted octanol–water partition coefficient (Wildman–Crippen LogP) is 7.50. The number of pyridine rings is 1. The summed E-state index contributed by atoms with van der Waals surface area (Å²) in [6.07, 6.45) is 11.4. The van der Waals surface area contributed by atoms with E-state index in [1.54, 1.807) is 11.1 Å². The van der Waals surface area contributed by atoms with Crippen LogP contribution in [0.1, 0.15) is 81.3 Å². The molecule has 2 aliphatic rings. The predicted molar refractivity (Wildman–Crippen MR) is 141 cm³/mol. The van der Waals surface area contributed by atoms with E-state index in [-0.39, 0.29) is 0 Å². The van der Waals surface area contributed by atoms with Crippen molar-refractivity contribution < 1.29 is 5.94 Å². The van der Waals surface area contributed by atoms with E-state index in [4.69, 9.17) is 1.37 Å². The van der Waals surface area contributed by atoms with Crippen LogP contribution in [0.25, 0.3) is 22.0 Å². The standard InChI is InChI=1S/C30H40NSi/c1-21-28(23-12-8-9-13-23)19-25(22-10-6-7-11-22)20-29(21)30-27-15-14-26(32(3,4)5)18-24(27)16-17-31(30)2/h14-20,22-23H,6-13H2,1-5H3/q+1/i17D. The van der Waals surface area contributed by atoms with E-state index in [0.717, 1.165) is 0 Å². The molecule has 2 aliphatic carbocycles. The average Bonchev–Trinajstić information content (AvgIpc) is 3.49. The molecule has 2 saturated carbocycles. The molecular formula is C30H40NSi+. The maximum Gasteiger partial charge on any atom is 0.220 e. The second-order valence-electron chi connectivity index (χ2n) is 11.5. The molecule has 0 bridgehead atoms. The van der Waals surface area contributed by atoms with Crippen LogP contribution < -0.4 is 9.75 Å². The molecule has 0 radical (unpaired) electrons. The van der Waals surface area contributed by atoms with Crippen molar-refractivity contribution in [3.8, 4) is 11.3 Å². The Balaban J connectivity index is 1.77. The van der Waals surface area contributed by atoms with E-state index < -0.39 is 8.07 Å². The maximum absolute atomic E-state index is 8.80. The van der Waals surface area contributed by atoms with Crippen molar-refractivity contribution in [3.05, 3.63) is 59.3 Å². The summed E-state index contributed by atoms with van der Waals surface area (Å²) in [5, 5.41) is 3.98. The van der Waals surface area contributed by atoms with Gasteiger partial charge in [0, 0.05) is 6.07 Å². The molecule has 32 heavy (non-hydrogen) atoms. The molecular weight excluding hydrogens is 402 g/mol. The summed E-state index contributed by atoms with van der Waals surface area (Å²) in [4.78, 5) is 0. The minimum atomic E-state index is -1.41. The third-order valence-electron chi connectivity index (χ3n) is 8.27. The minimum Gasteiger partial charge on any atom is -0.200 e. The van der Waals surface area contributed by atoms with Crippen molar-refractivity contribution in [1.82, 2.24) is 0 Å². The van der Waals surface area contributed by atoms with E-state index in [1.807, 2.05) is 0 Å². The van der Waals surface area contributed by atoms with Gasteiger partial charge in [-0.25, -0.2) is 4.57 Å². The monoisotopic (exact) mass is 443 g/mol. The van der Waals surface area contributed by atoms with Gasteiger partial charge in [-0.15, -0.1) is 0 Å². The quantitative estimate of drug-likeness (QED) is 0.290. The highest BCUT2D eigenvalue weighted by Gasteiger charge is 2.28. The highest BCUT2D eigenvalue weighted by molar-refractivity contribution is 6.88. The van der Waals surface area contributed by atoms with Crippen molar-refractivity contribution in [3.63, 3.8) is 0 Å². The Bertz CT molecular complexity index is 1190. The van der Waals surface area contributed by atoms with Gasteiger partial charge in [-0.1, -0.05) is 68.7 Å². The lowest BCUT2D eigenvalue weighted by Gasteiger charge is -2.21. The average molecular weight is 444 g/mol. The Morgan fingerprint density at radius 1 is 0.875 bits per heavy atom. The number of hydrogen-bond acceptors (Lipinski definition) is 0. The zero-order valence-corrected chi connectivity index (χ0v) is 21.7. The molecule has 5 rings (SSSR count). The second kappa shape index (κ2) is 8.45. The van der Waals surface area contributed by atoms with Crippen molar-refractivity contribution in [1.29, 1.82) is 0 Å². The number of hydrogen-bond donors (Lipinski definition) is 0. The van der Waals surface area contributed by atoms with Gasteiger partial charge in [0.25, 0.3) is 0 Å². The molecule has 3 aromatic rings. The number of fused-ring (bicyclic) bond motifs is 1. The molecule has 0 unspecified atom stereocenters. The number of rotatable bonds is 4. The third-order valence-corrected chi connectivity index (χ3v) is 10.3. The zero-order chi connectivity index (χ0) is 23.3. The normalized spacial score (nSPS) is 18.6. The maximum atomic E-state index is 8.80. The van der Waals surface area contributed by atoms with Crippen LogP contribution in [0, 0.1) is 6.92 Å². The van der Waals surface area contributed by atoms with E-state index in [9.17, 15) is 0 Å². The summed E-state index contributed by atoms with van der Waals surface area (Å²) in [7, 11) is 0.673. The first-order valence-electron chi connectivity index (χ1n) is 13.3. The minimum absolute atomic E-state index is 0.596. The highest BCUT2D eigenvalue weighted by Crippen LogP contribution is 2.43. The molecule has 1 aromatic heterocycles. The van der Waals surface area contributed by atoms with Gasteiger partial charge in [0.15, 0.2) is 6.17 Å². The van der Waals surface area contributed by atoms with Crippen LogP contribution in [0.2, 0.25) is 19.6 Å². The fourth-order valence-electron chi connectivity index (χ4n) is 6.26. The molecule has 1 heterocycles. The Morgan fingerprint density at radius 3 is 2.19 bits per heavy atom. The lowest BCUT2D eigenvalue weighted by atomic mass is 9.84. The lowest BCUT2D eigenvalue weighted by Crippen LogP contribution is -2.37. The summed E-state index contributed by atoms with van der Waals surface area (Å²) in [5.74, 6) is 1.41. The Labute approximate surface area is 197 Å². The fraction of sp³-hybridized carbons (Fsp3) is 0.500. The molecule has 1 nitrogen and oxygen atoms in total. The molecule has 0 atom stereocenters. The first kappa shape index (κ1) is 20.7. The van der Waals surface area contributed by atoms with Crippen molar-refractivity contribution >= 4 is 24.0 Å². The summed E-state index contributed by atoms with van der Waals surface area (Å²) in [6.45, 7) is 9.56. The summed E-state index contributed by atoms with van der Waals surface area (Å²) in [5.41, 5.74) is 7.19. The van der Waals surface area contributed by atoms with E-state index >= 15 is 0 Å². The van der Waals surface area contributed by atoms with Gasteiger partial charge in [0.05, 0.1) is 19.0 Å². The van der Waals surface area contributed by atoms with E-state index in [0.29, 0.717) is 18.0 Å². The van der Waals surface area contributed by atoms with Gasteiger partial charge in [-0.05, 0) is 78.7 Å². The van der Waals surface area contributed by atoms with Crippen LogP contribution in [0.4, 0.5) is 0 Å². The SMILES string of the molecule is [2H]c1cc2cc([Si](C)(C)C)ccc2c(-c2cc(C3CCCC3)cc(C3CCCC3)c2C)[n+]1C. The van der Waals surface area contributed by atoms with Crippen LogP contribution in [0.3, 0.4) is 0 Å². The van der Waals surface area contributed by atoms with Crippen molar-refractivity contribution in [2.45, 2.75) is 89.8 Å². The molecule has 0 N–H and O–H groups in total. The summed E-state index contributed by atoms with van der Waals surface area (Å²) in [6, 6.07) is 14.2. The van der Waals surface area contributed by atoms with Gasteiger partial charge in [-0.3, -0.25) is 0 Å². The topological polar surface area (TPSA) is 3.88 Å². The Kier molecular flexibility index (Phi) is 5.45. The number of aromatic nitrogens is 1. The highest BCUT2D eigenvalue weighted by atomic mass is 28.3. The molecule has 168 valence electrons. The van der Waals surface area contributed by atoms with Crippen LogP contribution in [-0.4, -0.2) is 8.07 Å². The molecule has 0 amide bonds. The van der Waals surface area contributed by atoms with Crippen molar-refractivity contribution in [2.75, 3.05) is 0 Å². The van der Waals surface area contributed by atoms with Gasteiger partial charge < -0.3 is 0 Å². The van der Waals surface area contributed by atoms with Gasteiger partial charge in [0.2, 0.25) is 5.69 Å². The van der Waals surface area contributed by atoms with Gasteiger partial charge >= 0.3 is 0 Å². The van der Waals surface area contributed by atoms with Crippen LogP contribution >= 0.6 is 0 Å². The smallest absolute Gasteiger partial charge is 0.200 e. The molecule has 2 aromatic carbocycles. The Morgan fingerprint density at radius 2 is 1.53 bits per heavy atom. The van der Waals surface area contributed by atoms with Crippen LogP contribution in [-0.2, 0) is 7.05 Å². The van der Waals surface area contributed by atoms with Gasteiger partial charge in [-0.2, -0.15) is 0 Å². The van der Waals surface area contributed by atoms with E-state index in [2.05, 4.69) is 74.6 Å². The lowest BCUT2D eigenvalue weighted by molar-refractivity contribution is -0.659. The molecule has 2 fully saturated rings. The summed E-state index contributed by atoms with van der Waals surface area (Å²) >= 11 is 0. The van der Waals surface area contributed by atoms with Crippen LogP contribution in [0.15, 0.2) is 42.6 Å². The molecule has 2 heteroatoms. The largest absolute Gasteiger partial charge is 0.220 e. The zero-order valence-electron chi connectivity index (χ0n) is 21.7. The molecule has 0 aliphatic heterocycles.